The molecule has 0 spiro atoms. The summed E-state index contributed by atoms with van der Waals surface area (Å²) >= 11 is 0. The molecule has 0 bridgehead atoms. The maximum atomic E-state index is 12.0. The largest absolute Gasteiger partial charge is 0.508 e. The van der Waals surface area contributed by atoms with Crippen molar-refractivity contribution in [3.63, 3.8) is 0 Å². The van der Waals surface area contributed by atoms with Crippen LogP contribution in [0.15, 0.2) is 24.3 Å². The zero-order valence-corrected chi connectivity index (χ0v) is 12.2. The van der Waals surface area contributed by atoms with E-state index in [-0.39, 0.29) is 18.3 Å². The smallest absolute Gasteiger partial charge is 0.237 e. The van der Waals surface area contributed by atoms with E-state index in [0.29, 0.717) is 24.8 Å². The van der Waals surface area contributed by atoms with Crippen molar-refractivity contribution in [2.75, 3.05) is 13.2 Å². The number of aromatic hydroxyl groups is 1. The van der Waals surface area contributed by atoms with E-state index in [9.17, 15) is 15.0 Å². The molecule has 1 aliphatic rings. The van der Waals surface area contributed by atoms with Gasteiger partial charge in [-0.3, -0.25) is 4.79 Å². The van der Waals surface area contributed by atoms with Crippen LogP contribution in [0, 0.1) is 11.8 Å². The minimum absolute atomic E-state index is 0.160. The van der Waals surface area contributed by atoms with Crippen molar-refractivity contribution in [2.24, 2.45) is 17.6 Å². The first kappa shape index (κ1) is 15.8. The summed E-state index contributed by atoms with van der Waals surface area (Å²) in [5, 5.41) is 21.4. The topological polar surface area (TPSA) is 95.6 Å². The quantitative estimate of drug-likeness (QED) is 0.623. The van der Waals surface area contributed by atoms with Crippen molar-refractivity contribution < 1.29 is 15.0 Å². The lowest BCUT2D eigenvalue weighted by Crippen LogP contribution is -2.44. The molecular formula is C16H24N2O3. The summed E-state index contributed by atoms with van der Waals surface area (Å²) in [5.74, 6) is 0.707. The first-order chi connectivity index (χ1) is 10.1. The molecule has 1 fully saturated rings. The maximum Gasteiger partial charge on any atom is 0.237 e. The van der Waals surface area contributed by atoms with E-state index >= 15 is 0 Å². The van der Waals surface area contributed by atoms with Crippen LogP contribution in [0.4, 0.5) is 0 Å². The Morgan fingerprint density at radius 2 is 1.95 bits per heavy atom. The molecule has 1 aliphatic carbocycles. The third kappa shape index (κ3) is 4.44. The van der Waals surface area contributed by atoms with Crippen LogP contribution in [-0.2, 0) is 11.2 Å². The van der Waals surface area contributed by atoms with E-state index in [1.807, 2.05) is 0 Å². The van der Waals surface area contributed by atoms with Crippen LogP contribution < -0.4 is 11.1 Å². The van der Waals surface area contributed by atoms with Gasteiger partial charge < -0.3 is 21.3 Å². The Morgan fingerprint density at radius 3 is 2.62 bits per heavy atom. The molecule has 2 rings (SSSR count). The monoisotopic (exact) mass is 292 g/mol. The number of nitrogens with two attached hydrogens (primary N) is 1. The fourth-order valence-corrected chi connectivity index (χ4v) is 2.96. The van der Waals surface area contributed by atoms with Crippen LogP contribution in [0.5, 0.6) is 5.75 Å². The lowest BCUT2D eigenvalue weighted by molar-refractivity contribution is -0.122. The van der Waals surface area contributed by atoms with E-state index in [2.05, 4.69) is 5.32 Å². The van der Waals surface area contributed by atoms with E-state index in [1.54, 1.807) is 24.3 Å². The molecule has 0 heterocycles. The second-order valence-corrected chi connectivity index (χ2v) is 5.86. The Labute approximate surface area is 125 Å². The van der Waals surface area contributed by atoms with Gasteiger partial charge in [0, 0.05) is 13.2 Å². The van der Waals surface area contributed by atoms with Crippen LogP contribution in [0.2, 0.25) is 0 Å². The summed E-state index contributed by atoms with van der Waals surface area (Å²) in [5.41, 5.74) is 6.84. The van der Waals surface area contributed by atoms with Gasteiger partial charge in [0.1, 0.15) is 5.75 Å². The van der Waals surface area contributed by atoms with Crippen LogP contribution in [0.1, 0.15) is 24.8 Å². The lowest BCUT2D eigenvalue weighted by atomic mass is 9.97. The number of phenolic OH excluding ortho intramolecular Hbond substituents is 1. The van der Waals surface area contributed by atoms with Gasteiger partial charge in [-0.2, -0.15) is 0 Å². The highest BCUT2D eigenvalue weighted by atomic mass is 16.3. The molecule has 5 N–H and O–H groups in total. The van der Waals surface area contributed by atoms with Crippen molar-refractivity contribution >= 4 is 5.91 Å². The van der Waals surface area contributed by atoms with Crippen LogP contribution in [0.25, 0.3) is 0 Å². The second kappa shape index (κ2) is 7.43. The van der Waals surface area contributed by atoms with E-state index in [1.165, 1.54) is 0 Å². The highest BCUT2D eigenvalue weighted by Gasteiger charge is 2.27. The molecule has 5 nitrogen and oxygen atoms in total. The number of aliphatic hydroxyl groups excluding tert-OH is 1. The molecule has 5 heteroatoms. The zero-order chi connectivity index (χ0) is 15.2. The summed E-state index contributed by atoms with van der Waals surface area (Å²) in [6, 6.07) is 6.11. The Bertz CT molecular complexity index is 461. The Kier molecular flexibility index (Phi) is 5.59. The van der Waals surface area contributed by atoms with E-state index in [4.69, 9.17) is 5.73 Å². The summed E-state index contributed by atoms with van der Waals surface area (Å²) in [7, 11) is 0. The van der Waals surface area contributed by atoms with Gasteiger partial charge in [-0.15, -0.1) is 0 Å². The van der Waals surface area contributed by atoms with Gasteiger partial charge in [0.25, 0.3) is 0 Å². The van der Waals surface area contributed by atoms with Gasteiger partial charge in [0.2, 0.25) is 5.91 Å². The average molecular weight is 292 g/mol. The number of amides is 1. The average Bonchev–Trinajstić information content (AvgIpc) is 2.94. The molecular weight excluding hydrogens is 268 g/mol. The third-order valence-electron chi connectivity index (χ3n) is 4.32. The Hall–Kier alpha value is -1.59. The molecule has 0 saturated heterocycles. The lowest BCUT2D eigenvalue weighted by Gasteiger charge is -2.19. The van der Waals surface area contributed by atoms with Crippen molar-refractivity contribution in [3.8, 4) is 5.75 Å². The number of carbonyl (C=O) groups is 1. The maximum absolute atomic E-state index is 12.0. The van der Waals surface area contributed by atoms with Crippen molar-refractivity contribution in [2.45, 2.75) is 31.7 Å². The number of hydrogen-bond acceptors (Lipinski definition) is 4. The minimum Gasteiger partial charge on any atom is -0.508 e. The molecule has 3 unspecified atom stereocenters. The van der Waals surface area contributed by atoms with Crippen LogP contribution in [-0.4, -0.2) is 35.3 Å². The highest BCUT2D eigenvalue weighted by Crippen LogP contribution is 2.30. The molecule has 1 amide bonds. The van der Waals surface area contributed by atoms with Gasteiger partial charge in [-0.25, -0.2) is 0 Å². The van der Waals surface area contributed by atoms with Crippen molar-refractivity contribution in [1.82, 2.24) is 5.32 Å². The minimum atomic E-state index is -0.594. The number of aliphatic hydroxyl groups is 1. The zero-order valence-electron chi connectivity index (χ0n) is 12.2. The standard InChI is InChI=1S/C16H24N2O3/c17-15(8-11-4-6-14(20)7-5-11)16(21)18-9-12-2-1-3-13(12)10-19/h4-7,12-13,15,19-20H,1-3,8-10,17H2,(H,18,21). The Balaban J connectivity index is 1.78. The van der Waals surface area contributed by atoms with E-state index < -0.39 is 6.04 Å². The molecule has 1 aromatic carbocycles. The van der Waals surface area contributed by atoms with E-state index in [0.717, 1.165) is 24.8 Å². The molecule has 0 aromatic heterocycles. The molecule has 116 valence electrons. The number of rotatable bonds is 6. The molecule has 1 saturated carbocycles. The van der Waals surface area contributed by atoms with Gasteiger partial charge in [0.05, 0.1) is 6.04 Å². The first-order valence-corrected chi connectivity index (χ1v) is 7.52. The summed E-state index contributed by atoms with van der Waals surface area (Å²) in [6.07, 6.45) is 3.65. The number of benzene rings is 1. The molecule has 3 atom stereocenters. The summed E-state index contributed by atoms with van der Waals surface area (Å²) in [4.78, 5) is 12.0. The Morgan fingerprint density at radius 1 is 1.29 bits per heavy atom. The molecule has 21 heavy (non-hydrogen) atoms. The molecule has 1 aromatic rings. The van der Waals surface area contributed by atoms with Gasteiger partial charge in [-0.1, -0.05) is 18.6 Å². The summed E-state index contributed by atoms with van der Waals surface area (Å²) in [6.45, 7) is 0.785. The normalized spacial score (nSPS) is 23.0. The summed E-state index contributed by atoms with van der Waals surface area (Å²) < 4.78 is 0. The number of hydrogen-bond donors (Lipinski definition) is 4. The van der Waals surface area contributed by atoms with Crippen LogP contribution >= 0.6 is 0 Å². The van der Waals surface area contributed by atoms with Crippen molar-refractivity contribution in [1.29, 1.82) is 0 Å². The van der Waals surface area contributed by atoms with Crippen LogP contribution in [0.3, 0.4) is 0 Å². The molecule has 0 aliphatic heterocycles. The van der Waals surface area contributed by atoms with Gasteiger partial charge in [0.15, 0.2) is 0 Å². The number of nitrogens with one attached hydrogen (secondary N) is 1. The molecule has 0 radical (unpaired) electrons. The first-order valence-electron chi connectivity index (χ1n) is 7.52. The predicted octanol–water partition coefficient (Wildman–Crippen LogP) is 0.787. The number of phenols is 1. The fourth-order valence-electron chi connectivity index (χ4n) is 2.96. The number of carbonyl (C=O) groups excluding carboxylic acids is 1. The van der Waals surface area contributed by atoms with Crippen molar-refractivity contribution in [3.05, 3.63) is 29.8 Å². The highest BCUT2D eigenvalue weighted by molar-refractivity contribution is 5.81. The fraction of sp³-hybridized carbons (Fsp3) is 0.562. The second-order valence-electron chi connectivity index (χ2n) is 5.86. The van der Waals surface area contributed by atoms with Gasteiger partial charge in [-0.05, 0) is 48.8 Å². The van der Waals surface area contributed by atoms with Gasteiger partial charge >= 0.3 is 0 Å². The predicted molar refractivity (Wildman–Crippen MR) is 80.7 cm³/mol. The SMILES string of the molecule is NC(Cc1ccc(O)cc1)C(=O)NCC1CCCC1CO. The third-order valence-corrected chi connectivity index (χ3v) is 4.32.